The second-order valence-electron chi connectivity index (χ2n) is 5.62. The molecule has 3 aromatic heterocycles. The van der Waals surface area contributed by atoms with Crippen LogP contribution in [0.1, 0.15) is 0 Å². The topological polar surface area (TPSA) is 68.1 Å². The van der Waals surface area contributed by atoms with E-state index in [4.69, 9.17) is 9.84 Å². The first-order valence-corrected chi connectivity index (χ1v) is 8.58. The van der Waals surface area contributed by atoms with Crippen molar-refractivity contribution >= 4 is 27.2 Å². The van der Waals surface area contributed by atoms with Gasteiger partial charge in [0.25, 0.3) is 0 Å². The fraction of sp³-hybridized carbons (Fsp3) is 0.0556. The van der Waals surface area contributed by atoms with Gasteiger partial charge in [-0.1, -0.05) is 29.5 Å². The Balaban J connectivity index is 1.61. The third kappa shape index (κ3) is 2.28. The van der Waals surface area contributed by atoms with Crippen LogP contribution in [0, 0.1) is 0 Å². The summed E-state index contributed by atoms with van der Waals surface area (Å²) in [5.41, 5.74) is 3.00. The number of methoxy groups -OCH3 is 1. The van der Waals surface area contributed by atoms with Crippen molar-refractivity contribution in [3.63, 3.8) is 0 Å². The summed E-state index contributed by atoms with van der Waals surface area (Å²) in [4.78, 5) is 4.14. The molecule has 0 aliphatic rings. The average Bonchev–Trinajstić information content (AvgIpc) is 3.34. The molecule has 0 radical (unpaired) electrons. The van der Waals surface area contributed by atoms with Gasteiger partial charge in [0, 0.05) is 16.5 Å². The summed E-state index contributed by atoms with van der Waals surface area (Å²) in [5.74, 6) is 1.53. The molecule has 25 heavy (non-hydrogen) atoms. The third-order valence-corrected chi connectivity index (χ3v) is 5.05. The summed E-state index contributed by atoms with van der Waals surface area (Å²) in [7, 11) is 1.66. The average molecular weight is 347 g/mol. The Bertz CT molecular complexity index is 1150. The number of para-hydroxylation sites is 1. The van der Waals surface area contributed by atoms with Gasteiger partial charge in [-0.05, 0) is 36.4 Å². The lowest BCUT2D eigenvalue weighted by Crippen LogP contribution is -1.91. The maximum absolute atomic E-state index is 5.21. The molecule has 1 N–H and O–H groups in total. The van der Waals surface area contributed by atoms with Crippen LogP contribution in [0.25, 0.3) is 38.0 Å². The smallest absolute Gasteiger partial charge is 0.235 e. The number of benzene rings is 2. The van der Waals surface area contributed by atoms with Crippen molar-refractivity contribution in [2.24, 2.45) is 0 Å². The SMILES string of the molecule is COc1ccc(-c2nn3c(-c4cc5ccccc5[nH]4)nnc3s2)cc1. The Morgan fingerprint density at radius 2 is 1.88 bits per heavy atom. The monoisotopic (exact) mass is 347 g/mol. The van der Waals surface area contributed by atoms with Gasteiger partial charge in [-0.3, -0.25) is 0 Å². The van der Waals surface area contributed by atoms with E-state index in [-0.39, 0.29) is 0 Å². The quantitative estimate of drug-likeness (QED) is 0.535. The van der Waals surface area contributed by atoms with Crippen molar-refractivity contribution in [1.29, 1.82) is 0 Å². The molecule has 5 aromatic rings. The maximum atomic E-state index is 5.21. The van der Waals surface area contributed by atoms with Crippen LogP contribution in [0.4, 0.5) is 0 Å². The lowest BCUT2D eigenvalue weighted by atomic mass is 10.2. The first-order valence-electron chi connectivity index (χ1n) is 7.76. The fourth-order valence-electron chi connectivity index (χ4n) is 2.83. The van der Waals surface area contributed by atoms with Crippen molar-refractivity contribution in [1.82, 2.24) is 24.8 Å². The molecule has 5 rings (SSSR count). The van der Waals surface area contributed by atoms with Crippen LogP contribution in [0.2, 0.25) is 0 Å². The minimum absolute atomic E-state index is 0.710. The lowest BCUT2D eigenvalue weighted by Gasteiger charge is -1.99. The Morgan fingerprint density at radius 1 is 1.04 bits per heavy atom. The predicted octanol–water partition coefficient (Wildman–Crippen LogP) is 4.01. The molecule has 6 nitrogen and oxygen atoms in total. The number of nitrogens with one attached hydrogen (secondary N) is 1. The van der Waals surface area contributed by atoms with E-state index in [1.54, 1.807) is 11.6 Å². The molecule has 0 spiro atoms. The van der Waals surface area contributed by atoms with Crippen LogP contribution >= 0.6 is 11.3 Å². The highest BCUT2D eigenvalue weighted by Crippen LogP contribution is 2.29. The molecule has 0 unspecified atom stereocenters. The van der Waals surface area contributed by atoms with Crippen molar-refractivity contribution in [2.75, 3.05) is 7.11 Å². The van der Waals surface area contributed by atoms with Gasteiger partial charge in [0.05, 0.1) is 12.8 Å². The van der Waals surface area contributed by atoms with Crippen molar-refractivity contribution in [3.05, 3.63) is 54.6 Å². The molecule has 0 saturated heterocycles. The van der Waals surface area contributed by atoms with E-state index in [1.165, 1.54) is 11.3 Å². The van der Waals surface area contributed by atoms with Crippen LogP contribution < -0.4 is 4.74 Å². The maximum Gasteiger partial charge on any atom is 0.235 e. The van der Waals surface area contributed by atoms with Gasteiger partial charge in [-0.2, -0.15) is 9.61 Å². The highest BCUT2D eigenvalue weighted by molar-refractivity contribution is 7.19. The zero-order valence-corrected chi connectivity index (χ0v) is 14.1. The highest BCUT2D eigenvalue weighted by atomic mass is 32.1. The molecule has 0 saturated carbocycles. The Labute approximate surface area is 146 Å². The van der Waals surface area contributed by atoms with Gasteiger partial charge in [-0.15, -0.1) is 10.2 Å². The Hall–Kier alpha value is -3.19. The van der Waals surface area contributed by atoms with Crippen molar-refractivity contribution < 1.29 is 4.74 Å². The second-order valence-corrected chi connectivity index (χ2v) is 6.58. The Kier molecular flexibility index (Phi) is 3.07. The van der Waals surface area contributed by atoms with E-state index in [0.29, 0.717) is 5.82 Å². The van der Waals surface area contributed by atoms with E-state index < -0.39 is 0 Å². The molecule has 0 fully saturated rings. The second kappa shape index (κ2) is 5.42. The summed E-state index contributed by atoms with van der Waals surface area (Å²) in [6.45, 7) is 0. The summed E-state index contributed by atoms with van der Waals surface area (Å²) < 4.78 is 6.99. The van der Waals surface area contributed by atoms with Crippen molar-refractivity contribution in [3.8, 4) is 27.8 Å². The van der Waals surface area contributed by atoms with Crippen LogP contribution in [0.3, 0.4) is 0 Å². The normalized spacial score (nSPS) is 11.4. The first kappa shape index (κ1) is 14.2. The summed E-state index contributed by atoms with van der Waals surface area (Å²) in [6.07, 6.45) is 0. The number of aromatic nitrogens is 5. The van der Waals surface area contributed by atoms with E-state index >= 15 is 0 Å². The standard InChI is InChI=1S/C18H13N5OS/c1-24-13-8-6-11(7-9-13)17-22-23-16(20-21-18(23)25-17)15-10-12-4-2-3-5-14(12)19-15/h2-10,19H,1H3. The number of aromatic amines is 1. The molecule has 0 aliphatic heterocycles. The summed E-state index contributed by atoms with van der Waals surface area (Å²) >= 11 is 1.51. The van der Waals surface area contributed by atoms with E-state index in [0.717, 1.165) is 37.9 Å². The number of hydrogen-bond acceptors (Lipinski definition) is 5. The molecule has 7 heteroatoms. The van der Waals surface area contributed by atoms with Crippen LogP contribution in [-0.2, 0) is 0 Å². The number of fused-ring (bicyclic) bond motifs is 2. The summed E-state index contributed by atoms with van der Waals surface area (Å²) in [5, 5.41) is 15.3. The molecule has 0 aliphatic carbocycles. The van der Waals surface area contributed by atoms with Gasteiger partial charge in [-0.25, -0.2) is 0 Å². The molecule has 3 heterocycles. The lowest BCUT2D eigenvalue weighted by molar-refractivity contribution is 0.415. The number of nitrogens with zero attached hydrogens (tertiary/aromatic N) is 4. The minimum Gasteiger partial charge on any atom is -0.497 e. The highest BCUT2D eigenvalue weighted by Gasteiger charge is 2.16. The zero-order valence-electron chi connectivity index (χ0n) is 13.3. The number of rotatable bonds is 3. The molecular formula is C18H13N5OS. The molecule has 0 bridgehead atoms. The number of hydrogen-bond donors (Lipinski definition) is 1. The molecule has 0 amide bonds. The van der Waals surface area contributed by atoms with E-state index in [2.05, 4.69) is 27.3 Å². The van der Waals surface area contributed by atoms with Gasteiger partial charge < -0.3 is 9.72 Å². The van der Waals surface area contributed by atoms with Gasteiger partial charge >= 0.3 is 0 Å². The van der Waals surface area contributed by atoms with Crippen LogP contribution in [-0.4, -0.2) is 31.9 Å². The molecule has 0 atom stereocenters. The van der Waals surface area contributed by atoms with Crippen LogP contribution in [0.15, 0.2) is 54.6 Å². The predicted molar refractivity (Wildman–Crippen MR) is 97.9 cm³/mol. The molecular weight excluding hydrogens is 334 g/mol. The molecule has 122 valence electrons. The van der Waals surface area contributed by atoms with E-state index in [9.17, 15) is 0 Å². The van der Waals surface area contributed by atoms with Crippen molar-refractivity contribution in [2.45, 2.75) is 0 Å². The number of H-pyrrole nitrogens is 1. The fourth-order valence-corrected chi connectivity index (χ4v) is 3.67. The number of ether oxygens (including phenoxy) is 1. The van der Waals surface area contributed by atoms with Gasteiger partial charge in [0.2, 0.25) is 10.8 Å². The van der Waals surface area contributed by atoms with Gasteiger partial charge in [0.1, 0.15) is 10.8 Å². The van der Waals surface area contributed by atoms with Gasteiger partial charge in [0.15, 0.2) is 0 Å². The van der Waals surface area contributed by atoms with E-state index in [1.807, 2.05) is 42.5 Å². The Morgan fingerprint density at radius 3 is 2.68 bits per heavy atom. The minimum atomic E-state index is 0.710. The molecule has 2 aromatic carbocycles. The summed E-state index contributed by atoms with van der Waals surface area (Å²) in [6, 6.07) is 18.0. The first-order chi connectivity index (χ1) is 12.3. The zero-order chi connectivity index (χ0) is 16.8. The largest absolute Gasteiger partial charge is 0.497 e. The third-order valence-electron chi connectivity index (χ3n) is 4.10. The van der Waals surface area contributed by atoms with Crippen LogP contribution in [0.5, 0.6) is 5.75 Å².